The fourth-order valence-corrected chi connectivity index (χ4v) is 3.32. The van der Waals surface area contributed by atoms with Crippen LogP contribution in [0.25, 0.3) is 0 Å². The topological polar surface area (TPSA) is 38.8 Å². The van der Waals surface area contributed by atoms with Crippen molar-refractivity contribution in [1.82, 2.24) is 4.90 Å². The maximum atomic E-state index is 12.5. The lowest BCUT2D eigenvalue weighted by Crippen LogP contribution is -2.26. The normalized spacial score (nSPS) is 13.2. The number of ether oxygens (including phenoxy) is 2. The summed E-state index contributed by atoms with van der Waals surface area (Å²) in [6.07, 6.45) is 0.821. The lowest BCUT2D eigenvalue weighted by atomic mass is 10.1. The molecule has 0 saturated carbocycles. The number of benzene rings is 2. The quantitative estimate of drug-likeness (QED) is 0.800. The zero-order valence-corrected chi connectivity index (χ0v) is 14.7. The van der Waals surface area contributed by atoms with Crippen LogP contribution >= 0.6 is 15.9 Å². The van der Waals surface area contributed by atoms with Gasteiger partial charge in [-0.3, -0.25) is 4.79 Å². The van der Waals surface area contributed by atoms with Crippen molar-refractivity contribution >= 4 is 21.8 Å². The summed E-state index contributed by atoms with van der Waals surface area (Å²) in [7, 11) is 3.26. The molecule has 0 aromatic heterocycles. The first-order chi connectivity index (χ1) is 11.1. The van der Waals surface area contributed by atoms with Gasteiger partial charge in [-0.2, -0.15) is 0 Å². The number of nitrogens with zero attached hydrogens (tertiary/aromatic N) is 1. The molecule has 0 saturated heterocycles. The van der Waals surface area contributed by atoms with E-state index in [1.807, 2.05) is 41.3 Å². The Labute approximate surface area is 144 Å². The minimum Gasteiger partial charge on any atom is -0.497 e. The smallest absolute Gasteiger partial charge is 0.254 e. The van der Waals surface area contributed by atoms with Gasteiger partial charge in [0.1, 0.15) is 11.5 Å². The number of carbonyl (C=O) groups excluding carboxylic acids is 1. The van der Waals surface area contributed by atoms with Crippen LogP contribution in [0, 0.1) is 0 Å². The Morgan fingerprint density at radius 3 is 2.52 bits per heavy atom. The van der Waals surface area contributed by atoms with E-state index < -0.39 is 0 Å². The summed E-state index contributed by atoms with van der Waals surface area (Å²) in [5.41, 5.74) is 2.96. The number of rotatable bonds is 5. The molecule has 1 amide bonds. The van der Waals surface area contributed by atoms with Crippen LogP contribution < -0.4 is 9.47 Å². The Hall–Kier alpha value is -2.01. The van der Waals surface area contributed by atoms with Gasteiger partial charge in [0.2, 0.25) is 0 Å². The second-order valence-electron chi connectivity index (χ2n) is 5.47. The van der Waals surface area contributed by atoms with Crippen LogP contribution in [-0.2, 0) is 13.0 Å². The lowest BCUT2D eigenvalue weighted by Gasteiger charge is -2.15. The molecule has 5 heteroatoms. The second kappa shape index (κ2) is 6.62. The largest absolute Gasteiger partial charge is 0.497 e. The van der Waals surface area contributed by atoms with E-state index in [0.29, 0.717) is 18.8 Å². The highest BCUT2D eigenvalue weighted by Crippen LogP contribution is 2.33. The molecule has 0 unspecified atom stereocenters. The van der Waals surface area contributed by atoms with E-state index in [2.05, 4.69) is 15.9 Å². The number of hydrogen-bond donors (Lipinski definition) is 0. The van der Waals surface area contributed by atoms with Gasteiger partial charge in [-0.25, -0.2) is 0 Å². The number of amides is 1. The van der Waals surface area contributed by atoms with E-state index in [4.69, 9.17) is 9.47 Å². The molecule has 23 heavy (non-hydrogen) atoms. The Morgan fingerprint density at radius 1 is 1.13 bits per heavy atom. The van der Waals surface area contributed by atoms with Crippen molar-refractivity contribution in [3.8, 4) is 11.5 Å². The molecule has 0 atom stereocenters. The Bertz CT molecular complexity index is 728. The summed E-state index contributed by atoms with van der Waals surface area (Å²) >= 11 is 3.47. The molecule has 1 heterocycles. The number of fused-ring (bicyclic) bond motifs is 1. The molecule has 1 aliphatic rings. The molecule has 0 aliphatic carbocycles. The first kappa shape index (κ1) is 15.9. The third kappa shape index (κ3) is 3.20. The Morgan fingerprint density at radius 2 is 1.87 bits per heavy atom. The summed E-state index contributed by atoms with van der Waals surface area (Å²) < 4.78 is 11.3. The van der Waals surface area contributed by atoms with Crippen LogP contribution in [0.4, 0.5) is 0 Å². The molecule has 4 nitrogen and oxygen atoms in total. The number of hydrogen-bond acceptors (Lipinski definition) is 3. The van der Waals surface area contributed by atoms with E-state index in [1.54, 1.807) is 14.2 Å². The first-order valence-electron chi connectivity index (χ1n) is 7.41. The third-order valence-electron chi connectivity index (χ3n) is 4.09. The number of carbonyl (C=O) groups is 1. The molecule has 0 fully saturated rings. The fourth-order valence-electron chi connectivity index (χ4n) is 2.77. The fraction of sp³-hybridized carbons (Fsp3) is 0.278. The zero-order chi connectivity index (χ0) is 16.4. The Kier molecular flexibility index (Phi) is 4.57. The molecule has 0 N–H and O–H groups in total. The average molecular weight is 376 g/mol. The van der Waals surface area contributed by atoms with Gasteiger partial charge in [-0.05, 0) is 57.7 Å². The van der Waals surface area contributed by atoms with Gasteiger partial charge < -0.3 is 14.4 Å². The van der Waals surface area contributed by atoms with Crippen molar-refractivity contribution in [2.75, 3.05) is 20.8 Å². The molecule has 120 valence electrons. The van der Waals surface area contributed by atoms with Gasteiger partial charge in [0.15, 0.2) is 0 Å². The molecule has 0 radical (unpaired) electrons. The van der Waals surface area contributed by atoms with Gasteiger partial charge in [0, 0.05) is 18.7 Å². The van der Waals surface area contributed by atoms with E-state index in [0.717, 1.165) is 27.8 Å². The summed E-state index contributed by atoms with van der Waals surface area (Å²) in [4.78, 5) is 14.4. The molecule has 2 aromatic carbocycles. The average Bonchev–Trinajstić information content (AvgIpc) is 2.87. The molecule has 0 bridgehead atoms. The van der Waals surface area contributed by atoms with Crippen LogP contribution in [0.15, 0.2) is 40.9 Å². The number of methoxy groups -OCH3 is 2. The highest BCUT2D eigenvalue weighted by atomic mass is 79.9. The van der Waals surface area contributed by atoms with Crippen molar-refractivity contribution < 1.29 is 14.3 Å². The Balaban J connectivity index is 1.69. The van der Waals surface area contributed by atoms with Gasteiger partial charge >= 0.3 is 0 Å². The highest BCUT2D eigenvalue weighted by molar-refractivity contribution is 9.10. The molecule has 0 spiro atoms. The van der Waals surface area contributed by atoms with Crippen LogP contribution in [0.2, 0.25) is 0 Å². The van der Waals surface area contributed by atoms with Crippen molar-refractivity contribution in [2.24, 2.45) is 0 Å². The van der Waals surface area contributed by atoms with Crippen molar-refractivity contribution in [1.29, 1.82) is 0 Å². The first-order valence-corrected chi connectivity index (χ1v) is 8.20. The van der Waals surface area contributed by atoms with E-state index >= 15 is 0 Å². The van der Waals surface area contributed by atoms with Crippen LogP contribution in [0.5, 0.6) is 11.5 Å². The molecular formula is C18H18BrNO3. The molecule has 1 aliphatic heterocycles. The molecule has 3 rings (SSSR count). The summed E-state index contributed by atoms with van der Waals surface area (Å²) in [6.45, 7) is 1.34. The minimum absolute atomic E-state index is 0.0688. The van der Waals surface area contributed by atoms with E-state index in [9.17, 15) is 4.79 Å². The highest BCUT2D eigenvalue weighted by Gasteiger charge is 2.28. The van der Waals surface area contributed by atoms with Crippen molar-refractivity contribution in [3.05, 3.63) is 57.6 Å². The van der Waals surface area contributed by atoms with Gasteiger partial charge in [0.05, 0.1) is 18.7 Å². The molecular weight excluding hydrogens is 358 g/mol. The molecule has 2 aromatic rings. The maximum Gasteiger partial charge on any atom is 0.254 e. The van der Waals surface area contributed by atoms with Gasteiger partial charge in [0.25, 0.3) is 5.91 Å². The van der Waals surface area contributed by atoms with Gasteiger partial charge in [-0.1, -0.05) is 12.1 Å². The standard InChI is InChI=1S/C18H18BrNO3/c1-22-14-5-3-12(4-6-14)7-8-20-11-13-9-16(19)17(23-2)10-15(13)18(20)21/h3-6,9-10H,7-8,11H2,1-2H3. The van der Waals surface area contributed by atoms with Crippen molar-refractivity contribution in [2.45, 2.75) is 13.0 Å². The van der Waals surface area contributed by atoms with Crippen LogP contribution in [0.3, 0.4) is 0 Å². The monoisotopic (exact) mass is 375 g/mol. The summed E-state index contributed by atoms with van der Waals surface area (Å²) in [6, 6.07) is 11.7. The SMILES string of the molecule is COc1ccc(CCN2Cc3cc(Br)c(OC)cc3C2=O)cc1. The summed E-state index contributed by atoms with van der Waals surface area (Å²) in [5, 5.41) is 0. The van der Waals surface area contributed by atoms with Crippen molar-refractivity contribution in [3.63, 3.8) is 0 Å². The van der Waals surface area contributed by atoms with E-state index in [-0.39, 0.29) is 5.91 Å². The maximum absolute atomic E-state index is 12.5. The predicted octanol–water partition coefficient (Wildman–Crippen LogP) is 3.66. The predicted molar refractivity (Wildman–Crippen MR) is 92.1 cm³/mol. The third-order valence-corrected chi connectivity index (χ3v) is 4.71. The summed E-state index contributed by atoms with van der Waals surface area (Å²) in [5.74, 6) is 1.60. The van der Waals surface area contributed by atoms with Gasteiger partial charge in [-0.15, -0.1) is 0 Å². The number of halogens is 1. The van der Waals surface area contributed by atoms with E-state index in [1.165, 1.54) is 5.56 Å². The zero-order valence-electron chi connectivity index (χ0n) is 13.1. The lowest BCUT2D eigenvalue weighted by molar-refractivity contribution is 0.0780. The van der Waals surface area contributed by atoms with Crippen LogP contribution in [-0.4, -0.2) is 31.6 Å². The van der Waals surface area contributed by atoms with Crippen LogP contribution in [0.1, 0.15) is 21.5 Å². The minimum atomic E-state index is 0.0688. The second-order valence-corrected chi connectivity index (χ2v) is 6.32.